The molecule has 3 rings (SSSR count). The maximum absolute atomic E-state index is 6.08. The quantitative estimate of drug-likeness (QED) is 0.802. The first-order chi connectivity index (χ1) is 8.76. The molecule has 1 spiro atoms. The fraction of sp³-hybridized carbons (Fsp3) is 1.00. The molecule has 3 saturated heterocycles. The maximum atomic E-state index is 6.08. The van der Waals surface area contributed by atoms with E-state index in [1.165, 1.54) is 43.9 Å². The molecule has 0 aromatic carbocycles. The third-order valence-electron chi connectivity index (χ3n) is 4.43. The number of hydrazine groups is 1. The second-order valence-corrected chi connectivity index (χ2v) is 7.05. The summed E-state index contributed by atoms with van der Waals surface area (Å²) in [6, 6.07) is 0.626. The molecular weight excluding hydrogens is 246 g/mol. The number of hydrogen-bond acceptors (Lipinski definition) is 5. The van der Waals surface area contributed by atoms with Crippen LogP contribution in [0.4, 0.5) is 0 Å². The van der Waals surface area contributed by atoms with Gasteiger partial charge >= 0.3 is 0 Å². The van der Waals surface area contributed by atoms with Gasteiger partial charge in [-0.15, -0.1) is 0 Å². The Morgan fingerprint density at radius 1 is 1.28 bits per heavy atom. The third-order valence-corrected chi connectivity index (χ3v) is 5.65. The molecule has 3 fully saturated rings. The summed E-state index contributed by atoms with van der Waals surface area (Å²) in [5.74, 6) is 2.48. The van der Waals surface area contributed by atoms with Crippen LogP contribution in [0.3, 0.4) is 0 Å². The average molecular weight is 271 g/mol. The van der Waals surface area contributed by atoms with Gasteiger partial charge in [-0.2, -0.15) is 11.8 Å². The summed E-state index contributed by atoms with van der Waals surface area (Å²) in [4.78, 5) is 2.40. The lowest BCUT2D eigenvalue weighted by molar-refractivity contribution is -0.0817. The van der Waals surface area contributed by atoms with E-state index in [0.29, 0.717) is 6.04 Å². The van der Waals surface area contributed by atoms with Gasteiger partial charge in [-0.1, -0.05) is 0 Å². The number of thioether (sulfide) groups is 1. The predicted molar refractivity (Wildman–Crippen MR) is 75.9 cm³/mol. The fourth-order valence-corrected chi connectivity index (χ4v) is 4.57. The van der Waals surface area contributed by atoms with Crippen LogP contribution in [0.5, 0.6) is 0 Å². The molecule has 0 radical (unpaired) electrons. The van der Waals surface area contributed by atoms with Gasteiger partial charge in [0.1, 0.15) is 0 Å². The molecule has 0 aromatic heterocycles. The SMILES string of the molecule is CN1CCN(NC2CCOC3(CCSC3)C2)CC1. The van der Waals surface area contributed by atoms with Crippen LogP contribution in [0.1, 0.15) is 19.3 Å². The minimum absolute atomic E-state index is 0.202. The number of rotatable bonds is 2. The van der Waals surface area contributed by atoms with Crippen molar-refractivity contribution in [3.8, 4) is 0 Å². The van der Waals surface area contributed by atoms with Crippen LogP contribution in [0.25, 0.3) is 0 Å². The monoisotopic (exact) mass is 271 g/mol. The zero-order chi connectivity index (χ0) is 12.4. The summed E-state index contributed by atoms with van der Waals surface area (Å²) in [5.41, 5.74) is 3.95. The first-order valence-electron chi connectivity index (χ1n) is 7.17. The van der Waals surface area contributed by atoms with Crippen molar-refractivity contribution in [2.45, 2.75) is 30.9 Å². The molecule has 3 aliphatic rings. The van der Waals surface area contributed by atoms with Gasteiger partial charge in [-0.3, -0.25) is 5.43 Å². The summed E-state index contributed by atoms with van der Waals surface area (Å²) < 4.78 is 6.08. The number of ether oxygens (including phenoxy) is 1. The van der Waals surface area contributed by atoms with Crippen molar-refractivity contribution in [2.24, 2.45) is 0 Å². The van der Waals surface area contributed by atoms with Crippen molar-refractivity contribution < 1.29 is 4.74 Å². The van der Waals surface area contributed by atoms with E-state index < -0.39 is 0 Å². The molecule has 0 bridgehead atoms. The van der Waals surface area contributed by atoms with Crippen LogP contribution >= 0.6 is 11.8 Å². The smallest absolute Gasteiger partial charge is 0.0795 e. The molecule has 1 N–H and O–H groups in total. The zero-order valence-electron chi connectivity index (χ0n) is 11.4. The van der Waals surface area contributed by atoms with Crippen molar-refractivity contribution in [3.05, 3.63) is 0 Å². The topological polar surface area (TPSA) is 27.7 Å². The normalized spacial score (nSPS) is 39.5. The summed E-state index contributed by atoms with van der Waals surface area (Å²) in [7, 11) is 2.20. The zero-order valence-corrected chi connectivity index (χ0v) is 12.2. The highest BCUT2D eigenvalue weighted by atomic mass is 32.2. The minimum atomic E-state index is 0.202. The molecule has 104 valence electrons. The molecule has 0 aromatic rings. The Labute approximate surface area is 114 Å². The molecule has 18 heavy (non-hydrogen) atoms. The number of piperazine rings is 1. The number of nitrogens with zero attached hydrogens (tertiary/aromatic N) is 2. The third kappa shape index (κ3) is 3.02. The number of nitrogens with one attached hydrogen (secondary N) is 1. The average Bonchev–Trinajstić information content (AvgIpc) is 2.80. The van der Waals surface area contributed by atoms with Crippen molar-refractivity contribution in [1.82, 2.24) is 15.3 Å². The van der Waals surface area contributed by atoms with E-state index in [9.17, 15) is 0 Å². The van der Waals surface area contributed by atoms with Gasteiger partial charge in [-0.05, 0) is 32.1 Å². The van der Waals surface area contributed by atoms with Crippen LogP contribution in [-0.2, 0) is 4.74 Å². The van der Waals surface area contributed by atoms with E-state index in [0.717, 1.165) is 19.7 Å². The summed E-state index contributed by atoms with van der Waals surface area (Å²) in [5, 5.41) is 2.42. The van der Waals surface area contributed by atoms with E-state index in [1.54, 1.807) is 0 Å². The second kappa shape index (κ2) is 5.67. The van der Waals surface area contributed by atoms with Gasteiger partial charge in [0.05, 0.1) is 5.60 Å². The van der Waals surface area contributed by atoms with Crippen LogP contribution < -0.4 is 5.43 Å². The highest BCUT2D eigenvalue weighted by Crippen LogP contribution is 2.38. The Balaban J connectivity index is 1.50. The summed E-state index contributed by atoms with van der Waals surface area (Å²) in [6.45, 7) is 5.59. The van der Waals surface area contributed by atoms with Crippen molar-refractivity contribution in [1.29, 1.82) is 0 Å². The van der Waals surface area contributed by atoms with Crippen LogP contribution in [0.15, 0.2) is 0 Å². The largest absolute Gasteiger partial charge is 0.374 e. The van der Waals surface area contributed by atoms with Crippen molar-refractivity contribution in [2.75, 3.05) is 51.3 Å². The Morgan fingerprint density at radius 2 is 2.11 bits per heavy atom. The standard InChI is InChI=1S/C13H25N3OS/c1-15-4-6-16(7-5-15)14-12-2-8-17-13(10-12)3-9-18-11-13/h12,14H,2-11H2,1H3. The molecule has 2 unspecified atom stereocenters. The van der Waals surface area contributed by atoms with E-state index in [2.05, 4.69) is 34.1 Å². The van der Waals surface area contributed by atoms with Crippen LogP contribution in [-0.4, -0.2) is 72.9 Å². The van der Waals surface area contributed by atoms with Gasteiger partial charge in [0, 0.05) is 44.6 Å². The molecule has 0 amide bonds. The Kier molecular flexibility index (Phi) is 4.15. The lowest BCUT2D eigenvalue weighted by Gasteiger charge is -2.41. The van der Waals surface area contributed by atoms with E-state index in [4.69, 9.17) is 4.74 Å². The van der Waals surface area contributed by atoms with Gasteiger partial charge in [0.2, 0.25) is 0 Å². The lowest BCUT2D eigenvalue weighted by atomic mass is 9.90. The molecule has 5 heteroatoms. The maximum Gasteiger partial charge on any atom is 0.0795 e. The van der Waals surface area contributed by atoms with Gasteiger partial charge in [-0.25, -0.2) is 5.01 Å². The second-order valence-electron chi connectivity index (χ2n) is 5.94. The van der Waals surface area contributed by atoms with Crippen molar-refractivity contribution in [3.63, 3.8) is 0 Å². The first-order valence-corrected chi connectivity index (χ1v) is 8.33. The predicted octanol–water partition coefficient (Wildman–Crippen LogP) is 0.793. The van der Waals surface area contributed by atoms with Crippen molar-refractivity contribution >= 4 is 11.8 Å². The number of hydrogen-bond donors (Lipinski definition) is 1. The highest BCUT2D eigenvalue weighted by Gasteiger charge is 2.40. The minimum Gasteiger partial charge on any atom is -0.374 e. The highest BCUT2D eigenvalue weighted by molar-refractivity contribution is 7.99. The van der Waals surface area contributed by atoms with E-state index in [1.807, 2.05) is 0 Å². The van der Waals surface area contributed by atoms with E-state index in [-0.39, 0.29) is 5.60 Å². The summed E-state index contributed by atoms with van der Waals surface area (Å²) in [6.07, 6.45) is 3.61. The first kappa shape index (κ1) is 13.2. The van der Waals surface area contributed by atoms with E-state index >= 15 is 0 Å². The Hall–Kier alpha value is 0.190. The van der Waals surface area contributed by atoms with Gasteiger partial charge < -0.3 is 9.64 Å². The van der Waals surface area contributed by atoms with Crippen LogP contribution in [0, 0.1) is 0 Å². The Bertz CT molecular complexity index is 275. The molecule has 3 aliphatic heterocycles. The molecule has 0 saturated carbocycles. The van der Waals surface area contributed by atoms with Gasteiger partial charge in [0.15, 0.2) is 0 Å². The summed E-state index contributed by atoms with van der Waals surface area (Å²) >= 11 is 2.05. The molecule has 3 heterocycles. The Morgan fingerprint density at radius 3 is 2.83 bits per heavy atom. The lowest BCUT2D eigenvalue weighted by Crippen LogP contribution is -2.57. The fourth-order valence-electron chi connectivity index (χ4n) is 3.20. The van der Waals surface area contributed by atoms with Gasteiger partial charge in [0.25, 0.3) is 0 Å². The molecular formula is C13H25N3OS. The molecule has 2 atom stereocenters. The molecule has 4 nitrogen and oxygen atoms in total. The number of likely N-dealkylation sites (N-methyl/N-ethyl adjacent to an activating group) is 1. The van der Waals surface area contributed by atoms with Crippen LogP contribution in [0.2, 0.25) is 0 Å². The molecule has 0 aliphatic carbocycles.